The third kappa shape index (κ3) is 3.12. The Labute approximate surface area is 109 Å². The Balaban J connectivity index is 3.15. The minimum Gasteiger partial charge on any atom is -0.394 e. The molecule has 18 heavy (non-hydrogen) atoms. The maximum Gasteiger partial charge on any atom is 0.296 e. The van der Waals surface area contributed by atoms with E-state index in [0.29, 0.717) is 0 Å². The molecule has 1 unspecified atom stereocenters. The second kappa shape index (κ2) is 6.03. The Morgan fingerprint density at radius 2 is 2.11 bits per heavy atom. The zero-order valence-corrected chi connectivity index (χ0v) is 10.4. The van der Waals surface area contributed by atoms with Gasteiger partial charge in [0.15, 0.2) is 17.3 Å². The van der Waals surface area contributed by atoms with Gasteiger partial charge in [0.05, 0.1) is 22.1 Å². The van der Waals surface area contributed by atoms with Crippen LogP contribution in [0.4, 0.5) is 20.2 Å². The van der Waals surface area contributed by atoms with Crippen molar-refractivity contribution in [3.05, 3.63) is 32.3 Å². The Bertz CT molecular complexity index is 472. The van der Waals surface area contributed by atoms with Gasteiger partial charge in [-0.1, -0.05) is 0 Å². The van der Waals surface area contributed by atoms with Gasteiger partial charge in [0.1, 0.15) is 0 Å². The normalized spacial score (nSPS) is 12.3. The summed E-state index contributed by atoms with van der Waals surface area (Å²) in [6.07, 6.45) is -1.24. The summed E-state index contributed by atoms with van der Waals surface area (Å²) in [5, 5.41) is 30.5. The third-order valence-electron chi connectivity index (χ3n) is 2.06. The first kappa shape index (κ1) is 14.7. The topological polar surface area (TPSA) is 95.6 Å². The molecule has 1 rings (SSSR count). The lowest BCUT2D eigenvalue weighted by Crippen LogP contribution is -2.24. The van der Waals surface area contributed by atoms with Crippen LogP contribution < -0.4 is 5.32 Å². The molecule has 1 atom stereocenters. The number of aliphatic hydroxyl groups is 2. The molecular formula is C9H9BrF2N2O4. The highest BCUT2D eigenvalue weighted by Crippen LogP contribution is 2.34. The maximum atomic E-state index is 13.5. The lowest BCUT2D eigenvalue weighted by molar-refractivity contribution is -0.384. The summed E-state index contributed by atoms with van der Waals surface area (Å²) in [7, 11) is 0. The number of halogens is 3. The van der Waals surface area contributed by atoms with Crippen LogP contribution in [0.3, 0.4) is 0 Å². The zero-order chi connectivity index (χ0) is 13.9. The minimum absolute atomic E-state index is 0.352. The van der Waals surface area contributed by atoms with E-state index in [0.717, 1.165) is 6.07 Å². The average molecular weight is 327 g/mol. The summed E-state index contributed by atoms with van der Waals surface area (Å²) in [4.78, 5) is 9.81. The van der Waals surface area contributed by atoms with Gasteiger partial charge < -0.3 is 15.5 Å². The van der Waals surface area contributed by atoms with Crippen molar-refractivity contribution in [1.82, 2.24) is 0 Å². The van der Waals surface area contributed by atoms with Gasteiger partial charge in [0.2, 0.25) is 0 Å². The highest BCUT2D eigenvalue weighted by Gasteiger charge is 2.24. The molecule has 0 aliphatic rings. The van der Waals surface area contributed by atoms with Crippen molar-refractivity contribution in [1.29, 1.82) is 0 Å². The zero-order valence-electron chi connectivity index (χ0n) is 8.86. The molecule has 0 aliphatic carbocycles. The molecule has 0 aliphatic heterocycles. The molecule has 1 aromatic carbocycles. The van der Waals surface area contributed by atoms with Crippen molar-refractivity contribution >= 4 is 27.3 Å². The van der Waals surface area contributed by atoms with Crippen LogP contribution in [0, 0.1) is 21.7 Å². The standard InChI is InChI=1S/C9H9BrF2N2O4/c10-5-1-6(14(17)18)9(8(12)7(5)11)13-2-4(16)3-15/h1,4,13,15-16H,2-3H2. The van der Waals surface area contributed by atoms with Crippen molar-refractivity contribution in [2.45, 2.75) is 6.10 Å². The van der Waals surface area contributed by atoms with E-state index >= 15 is 0 Å². The third-order valence-corrected chi connectivity index (χ3v) is 2.64. The van der Waals surface area contributed by atoms with E-state index in [9.17, 15) is 18.9 Å². The van der Waals surface area contributed by atoms with Crippen LogP contribution in [0.5, 0.6) is 0 Å². The smallest absolute Gasteiger partial charge is 0.296 e. The van der Waals surface area contributed by atoms with Crippen LogP contribution in [0.1, 0.15) is 0 Å². The molecule has 6 nitrogen and oxygen atoms in total. The van der Waals surface area contributed by atoms with E-state index in [4.69, 9.17) is 10.2 Å². The predicted molar refractivity (Wildman–Crippen MR) is 62.3 cm³/mol. The molecule has 9 heteroatoms. The molecular weight excluding hydrogens is 318 g/mol. The number of hydrogen-bond donors (Lipinski definition) is 3. The Morgan fingerprint density at radius 1 is 1.50 bits per heavy atom. The highest BCUT2D eigenvalue weighted by atomic mass is 79.9. The van der Waals surface area contributed by atoms with Crippen molar-refractivity contribution in [2.24, 2.45) is 0 Å². The number of hydrogen-bond acceptors (Lipinski definition) is 5. The number of rotatable bonds is 5. The van der Waals surface area contributed by atoms with Crippen molar-refractivity contribution in [3.8, 4) is 0 Å². The van der Waals surface area contributed by atoms with Gasteiger partial charge in [-0.3, -0.25) is 10.1 Å². The second-order valence-corrected chi connectivity index (χ2v) is 4.21. The molecule has 0 radical (unpaired) electrons. The molecule has 0 spiro atoms. The number of nitrogens with one attached hydrogen (secondary N) is 1. The van der Waals surface area contributed by atoms with Crippen LogP contribution in [0.25, 0.3) is 0 Å². The fraction of sp³-hybridized carbons (Fsp3) is 0.333. The molecule has 1 aromatic rings. The van der Waals surface area contributed by atoms with Gasteiger partial charge in [0, 0.05) is 12.6 Å². The number of nitrogens with zero attached hydrogens (tertiary/aromatic N) is 1. The first-order chi connectivity index (χ1) is 8.38. The molecule has 100 valence electrons. The van der Waals surface area contributed by atoms with E-state index < -0.39 is 40.6 Å². The molecule has 0 amide bonds. The van der Waals surface area contributed by atoms with E-state index in [1.54, 1.807) is 0 Å². The van der Waals surface area contributed by atoms with Crippen LogP contribution in [-0.2, 0) is 0 Å². The molecule has 0 saturated carbocycles. The van der Waals surface area contributed by atoms with Crippen LogP contribution >= 0.6 is 15.9 Å². The molecule has 0 heterocycles. The Morgan fingerprint density at radius 3 is 2.61 bits per heavy atom. The van der Waals surface area contributed by atoms with Crippen molar-refractivity contribution < 1.29 is 23.9 Å². The van der Waals surface area contributed by atoms with Gasteiger partial charge in [0.25, 0.3) is 5.69 Å². The fourth-order valence-electron chi connectivity index (χ4n) is 1.18. The number of benzene rings is 1. The largest absolute Gasteiger partial charge is 0.394 e. The quantitative estimate of drug-likeness (QED) is 0.432. The Hall–Kier alpha value is -1.32. The van der Waals surface area contributed by atoms with E-state index in [2.05, 4.69) is 21.2 Å². The molecule has 0 aromatic heterocycles. The molecule has 0 bridgehead atoms. The molecule has 3 N–H and O–H groups in total. The van der Waals surface area contributed by atoms with Gasteiger partial charge in [-0.25, -0.2) is 8.78 Å². The first-order valence-corrected chi connectivity index (χ1v) is 5.52. The summed E-state index contributed by atoms with van der Waals surface area (Å²) in [5.41, 5.74) is -1.35. The maximum absolute atomic E-state index is 13.5. The van der Waals surface area contributed by atoms with Gasteiger partial charge in [-0.15, -0.1) is 0 Å². The van der Waals surface area contributed by atoms with E-state index in [1.807, 2.05) is 0 Å². The van der Waals surface area contributed by atoms with Gasteiger partial charge >= 0.3 is 0 Å². The number of nitro benzene ring substituents is 1. The van der Waals surface area contributed by atoms with Gasteiger partial charge in [-0.05, 0) is 15.9 Å². The predicted octanol–water partition coefficient (Wildman–Crippen LogP) is 1.40. The summed E-state index contributed by atoms with van der Waals surface area (Å²) in [6.45, 7) is -0.962. The fourth-order valence-corrected chi connectivity index (χ4v) is 1.57. The summed E-state index contributed by atoms with van der Waals surface area (Å²) < 4.78 is 26.4. The lowest BCUT2D eigenvalue weighted by Gasteiger charge is -2.12. The summed E-state index contributed by atoms with van der Waals surface area (Å²) >= 11 is 2.66. The summed E-state index contributed by atoms with van der Waals surface area (Å²) in [6, 6.07) is 0.812. The second-order valence-electron chi connectivity index (χ2n) is 3.35. The lowest BCUT2D eigenvalue weighted by atomic mass is 10.2. The first-order valence-electron chi connectivity index (χ1n) is 4.73. The van der Waals surface area contributed by atoms with Crippen molar-refractivity contribution in [2.75, 3.05) is 18.5 Å². The number of anilines is 1. The molecule has 0 saturated heterocycles. The van der Waals surface area contributed by atoms with E-state index in [-0.39, 0.29) is 11.0 Å². The van der Waals surface area contributed by atoms with Crippen LogP contribution in [-0.4, -0.2) is 34.4 Å². The number of nitro groups is 1. The molecule has 0 fully saturated rings. The highest BCUT2D eigenvalue weighted by molar-refractivity contribution is 9.10. The summed E-state index contributed by atoms with van der Waals surface area (Å²) in [5.74, 6) is -2.71. The van der Waals surface area contributed by atoms with Crippen LogP contribution in [0.15, 0.2) is 10.5 Å². The SMILES string of the molecule is O=[N+]([O-])c1cc(Br)c(F)c(F)c1NCC(O)CO. The number of aliphatic hydroxyl groups excluding tert-OH is 2. The monoisotopic (exact) mass is 326 g/mol. The Kier molecular flexibility index (Phi) is 4.93. The van der Waals surface area contributed by atoms with E-state index in [1.165, 1.54) is 0 Å². The van der Waals surface area contributed by atoms with Crippen molar-refractivity contribution in [3.63, 3.8) is 0 Å². The minimum atomic E-state index is -1.43. The van der Waals surface area contributed by atoms with Crippen LogP contribution in [0.2, 0.25) is 0 Å². The average Bonchev–Trinajstić information content (AvgIpc) is 2.33. The van der Waals surface area contributed by atoms with Gasteiger partial charge in [-0.2, -0.15) is 0 Å².